The van der Waals surface area contributed by atoms with Gasteiger partial charge in [0, 0.05) is 50.8 Å². The summed E-state index contributed by atoms with van der Waals surface area (Å²) >= 11 is 7.20. The predicted molar refractivity (Wildman–Crippen MR) is 63.7 cm³/mol. The van der Waals surface area contributed by atoms with Gasteiger partial charge in [-0.15, -0.1) is 5.10 Å². The summed E-state index contributed by atoms with van der Waals surface area (Å²) in [5.74, 6) is 0. The first kappa shape index (κ1) is 12.2. The quantitative estimate of drug-likeness (QED) is 0.846. The Morgan fingerprint density at radius 2 is 1.94 bits per heavy atom. The van der Waals surface area contributed by atoms with Crippen molar-refractivity contribution < 1.29 is 5.11 Å². The monoisotopic (exact) mass is 262 g/mol. The number of aliphatic hydroxyl groups is 1. The van der Waals surface area contributed by atoms with Crippen LogP contribution in [0.15, 0.2) is 0 Å². The van der Waals surface area contributed by atoms with Crippen LogP contribution in [0, 0.1) is 0 Å². The maximum atomic E-state index is 8.84. The number of piperazine rings is 1. The van der Waals surface area contributed by atoms with Gasteiger partial charge in [0.2, 0.25) is 0 Å². The topological polar surface area (TPSA) is 52.5 Å². The molecule has 1 saturated heterocycles. The first-order valence-electron chi connectivity index (χ1n) is 5.32. The molecular formula is C9H15ClN4OS. The number of aliphatic hydroxyl groups excluding tert-OH is 1. The number of halogens is 1. The van der Waals surface area contributed by atoms with E-state index in [1.807, 2.05) is 0 Å². The SMILES string of the molecule is OCCN1CCN(Cc2nnsc2Cl)CC1. The van der Waals surface area contributed by atoms with E-state index in [1.54, 1.807) is 0 Å². The Morgan fingerprint density at radius 3 is 2.50 bits per heavy atom. The van der Waals surface area contributed by atoms with Gasteiger partial charge < -0.3 is 5.11 Å². The van der Waals surface area contributed by atoms with Gasteiger partial charge in [-0.2, -0.15) is 0 Å². The van der Waals surface area contributed by atoms with Crippen molar-refractivity contribution in [1.29, 1.82) is 0 Å². The van der Waals surface area contributed by atoms with E-state index >= 15 is 0 Å². The summed E-state index contributed by atoms with van der Waals surface area (Å²) in [6, 6.07) is 0. The fourth-order valence-corrected chi connectivity index (χ4v) is 2.43. The molecule has 7 heteroatoms. The Labute approximate surface area is 104 Å². The second-order valence-electron chi connectivity index (χ2n) is 3.83. The molecule has 1 fully saturated rings. The molecule has 0 amide bonds. The molecule has 90 valence electrons. The molecule has 0 unspecified atom stereocenters. The van der Waals surface area contributed by atoms with Gasteiger partial charge in [0.05, 0.1) is 6.61 Å². The van der Waals surface area contributed by atoms with Gasteiger partial charge in [-0.1, -0.05) is 16.1 Å². The van der Waals surface area contributed by atoms with Crippen molar-refractivity contribution in [1.82, 2.24) is 19.4 Å². The van der Waals surface area contributed by atoms with Crippen LogP contribution in [0.4, 0.5) is 0 Å². The van der Waals surface area contributed by atoms with Crippen LogP contribution in [0.25, 0.3) is 0 Å². The molecule has 0 aliphatic carbocycles. The maximum Gasteiger partial charge on any atom is 0.138 e. The highest BCUT2D eigenvalue weighted by molar-refractivity contribution is 7.10. The Morgan fingerprint density at radius 1 is 1.25 bits per heavy atom. The lowest BCUT2D eigenvalue weighted by Gasteiger charge is -2.33. The zero-order chi connectivity index (χ0) is 11.4. The zero-order valence-corrected chi connectivity index (χ0v) is 10.5. The summed E-state index contributed by atoms with van der Waals surface area (Å²) in [5.41, 5.74) is 0.877. The van der Waals surface area contributed by atoms with Gasteiger partial charge in [0.1, 0.15) is 10.0 Å². The van der Waals surface area contributed by atoms with E-state index in [0.29, 0.717) is 4.34 Å². The number of rotatable bonds is 4. The lowest BCUT2D eigenvalue weighted by Crippen LogP contribution is -2.46. The van der Waals surface area contributed by atoms with Gasteiger partial charge in [-0.05, 0) is 0 Å². The molecule has 0 aromatic carbocycles. The maximum absolute atomic E-state index is 8.84. The van der Waals surface area contributed by atoms with E-state index in [0.717, 1.165) is 45.0 Å². The summed E-state index contributed by atoms with van der Waals surface area (Å²) in [6.07, 6.45) is 0. The smallest absolute Gasteiger partial charge is 0.138 e. The molecular weight excluding hydrogens is 248 g/mol. The van der Waals surface area contributed by atoms with E-state index in [-0.39, 0.29) is 6.61 Å². The second kappa shape index (κ2) is 5.88. The summed E-state index contributed by atoms with van der Waals surface area (Å²) in [4.78, 5) is 4.58. The fourth-order valence-electron chi connectivity index (χ4n) is 1.82. The molecule has 16 heavy (non-hydrogen) atoms. The lowest BCUT2D eigenvalue weighted by atomic mass is 10.3. The molecule has 0 radical (unpaired) electrons. The Hall–Kier alpha value is -0.270. The minimum atomic E-state index is 0.238. The van der Waals surface area contributed by atoms with E-state index in [1.165, 1.54) is 11.5 Å². The molecule has 2 rings (SSSR count). The standard InChI is InChI=1S/C9H15ClN4OS/c10-9-8(11-12-16-9)7-14-3-1-13(2-4-14)5-6-15/h15H,1-7H2. The summed E-state index contributed by atoms with van der Waals surface area (Å²) < 4.78 is 4.51. The molecule has 1 aromatic rings. The van der Waals surface area contributed by atoms with Crippen molar-refractivity contribution in [3.05, 3.63) is 10.0 Å². The number of nitrogens with zero attached hydrogens (tertiary/aromatic N) is 4. The molecule has 1 aromatic heterocycles. The highest BCUT2D eigenvalue weighted by atomic mass is 35.5. The molecule has 0 atom stereocenters. The molecule has 2 heterocycles. The summed E-state index contributed by atoms with van der Waals surface area (Å²) in [5, 5.41) is 12.8. The predicted octanol–water partition coefficient (Wildman–Crippen LogP) is 0.301. The third kappa shape index (κ3) is 3.11. The Balaban J connectivity index is 1.79. The molecule has 0 spiro atoms. The van der Waals surface area contributed by atoms with Gasteiger partial charge >= 0.3 is 0 Å². The summed E-state index contributed by atoms with van der Waals surface area (Å²) in [6.45, 7) is 5.77. The minimum Gasteiger partial charge on any atom is -0.395 e. The average molecular weight is 263 g/mol. The Kier molecular flexibility index (Phi) is 4.48. The second-order valence-corrected chi connectivity index (χ2v) is 5.19. The first-order valence-corrected chi connectivity index (χ1v) is 6.47. The van der Waals surface area contributed by atoms with Crippen LogP contribution in [-0.2, 0) is 6.54 Å². The number of hydrogen-bond acceptors (Lipinski definition) is 6. The molecule has 0 bridgehead atoms. The first-order chi connectivity index (χ1) is 7.79. The highest BCUT2D eigenvalue weighted by Crippen LogP contribution is 2.19. The van der Waals surface area contributed by atoms with E-state index in [9.17, 15) is 0 Å². The van der Waals surface area contributed by atoms with Crippen molar-refractivity contribution in [2.45, 2.75) is 6.54 Å². The summed E-state index contributed by atoms with van der Waals surface area (Å²) in [7, 11) is 0. The Bertz CT molecular complexity index is 327. The average Bonchev–Trinajstić information content (AvgIpc) is 2.68. The number of hydrogen-bond donors (Lipinski definition) is 1. The number of β-amino-alcohol motifs (C(OH)–C–C–N with tert-alkyl or cyclic N) is 1. The lowest BCUT2D eigenvalue weighted by molar-refractivity contribution is 0.108. The van der Waals surface area contributed by atoms with E-state index in [2.05, 4.69) is 19.4 Å². The molecule has 1 aliphatic rings. The van der Waals surface area contributed by atoms with E-state index < -0.39 is 0 Å². The largest absolute Gasteiger partial charge is 0.395 e. The van der Waals surface area contributed by atoms with Gasteiger partial charge in [-0.3, -0.25) is 9.80 Å². The van der Waals surface area contributed by atoms with Crippen LogP contribution in [-0.4, -0.2) is 63.8 Å². The van der Waals surface area contributed by atoms with Crippen LogP contribution in [0.3, 0.4) is 0 Å². The van der Waals surface area contributed by atoms with Gasteiger partial charge in [0.15, 0.2) is 0 Å². The van der Waals surface area contributed by atoms with Crippen molar-refractivity contribution in [3.63, 3.8) is 0 Å². The molecule has 0 saturated carbocycles. The molecule has 1 N–H and O–H groups in total. The van der Waals surface area contributed by atoms with Crippen molar-refractivity contribution in [2.24, 2.45) is 0 Å². The molecule has 5 nitrogen and oxygen atoms in total. The van der Waals surface area contributed by atoms with Crippen LogP contribution in [0.5, 0.6) is 0 Å². The van der Waals surface area contributed by atoms with Crippen molar-refractivity contribution in [3.8, 4) is 0 Å². The van der Waals surface area contributed by atoms with E-state index in [4.69, 9.17) is 16.7 Å². The fraction of sp³-hybridized carbons (Fsp3) is 0.778. The van der Waals surface area contributed by atoms with Crippen LogP contribution < -0.4 is 0 Å². The normalized spacial score (nSPS) is 19.1. The van der Waals surface area contributed by atoms with Crippen LogP contribution in [0.2, 0.25) is 4.34 Å². The van der Waals surface area contributed by atoms with Gasteiger partial charge in [-0.25, -0.2) is 0 Å². The highest BCUT2D eigenvalue weighted by Gasteiger charge is 2.18. The van der Waals surface area contributed by atoms with Crippen molar-refractivity contribution in [2.75, 3.05) is 39.3 Å². The van der Waals surface area contributed by atoms with Crippen LogP contribution >= 0.6 is 23.1 Å². The zero-order valence-electron chi connectivity index (χ0n) is 8.97. The van der Waals surface area contributed by atoms with Crippen molar-refractivity contribution >= 4 is 23.1 Å². The third-order valence-electron chi connectivity index (χ3n) is 2.76. The van der Waals surface area contributed by atoms with Crippen LogP contribution in [0.1, 0.15) is 5.69 Å². The molecule has 1 aliphatic heterocycles. The minimum absolute atomic E-state index is 0.238. The third-order valence-corrected chi connectivity index (χ3v) is 3.75. The number of aromatic nitrogens is 2. The van der Waals surface area contributed by atoms with Gasteiger partial charge in [0.25, 0.3) is 0 Å².